The maximum Gasteiger partial charge on any atom is 0.267 e. The minimum Gasteiger partial charge on any atom is -0.382 e. The van der Waals surface area contributed by atoms with E-state index in [2.05, 4.69) is 21.0 Å². The smallest absolute Gasteiger partial charge is 0.267 e. The predicted molar refractivity (Wildman–Crippen MR) is 66.1 cm³/mol. The first kappa shape index (κ1) is 11.8. The number of anilines is 1. The quantitative estimate of drug-likeness (QED) is 0.919. The van der Waals surface area contributed by atoms with Crippen molar-refractivity contribution < 1.29 is 4.39 Å². The molecule has 0 saturated heterocycles. The molecule has 0 saturated carbocycles. The summed E-state index contributed by atoms with van der Waals surface area (Å²) in [5.41, 5.74) is 5.53. The lowest BCUT2D eigenvalue weighted by Gasteiger charge is -2.06. The lowest BCUT2D eigenvalue weighted by atomic mass is 10.2. The summed E-state index contributed by atoms with van der Waals surface area (Å²) in [6.45, 7) is 0.0507. The van der Waals surface area contributed by atoms with Gasteiger partial charge in [0.15, 0.2) is 0 Å². The fourth-order valence-electron chi connectivity index (χ4n) is 1.40. The van der Waals surface area contributed by atoms with Gasteiger partial charge < -0.3 is 5.73 Å². The highest BCUT2D eigenvalue weighted by atomic mass is 79.9. The van der Waals surface area contributed by atoms with Gasteiger partial charge >= 0.3 is 0 Å². The summed E-state index contributed by atoms with van der Waals surface area (Å²) in [7, 11) is 0. The second-order valence-electron chi connectivity index (χ2n) is 3.49. The van der Waals surface area contributed by atoms with Crippen molar-refractivity contribution in [3.8, 4) is 0 Å². The molecule has 1 heterocycles. The van der Waals surface area contributed by atoms with Crippen LogP contribution in [0.2, 0.25) is 0 Å². The van der Waals surface area contributed by atoms with Crippen molar-refractivity contribution in [2.24, 2.45) is 0 Å². The number of rotatable bonds is 2. The predicted octanol–water partition coefficient (Wildman–Crippen LogP) is 1.78. The second kappa shape index (κ2) is 4.67. The molecule has 0 bridgehead atoms. The van der Waals surface area contributed by atoms with Crippen LogP contribution in [0.25, 0.3) is 0 Å². The number of hydrogen-bond acceptors (Lipinski definition) is 3. The normalized spacial score (nSPS) is 10.5. The van der Waals surface area contributed by atoms with Crippen molar-refractivity contribution in [2.45, 2.75) is 6.54 Å². The summed E-state index contributed by atoms with van der Waals surface area (Å²) in [6.07, 6.45) is 0. The molecule has 0 atom stereocenters. The van der Waals surface area contributed by atoms with Crippen LogP contribution in [-0.4, -0.2) is 9.78 Å². The lowest BCUT2D eigenvalue weighted by Crippen LogP contribution is -2.23. The van der Waals surface area contributed by atoms with Crippen molar-refractivity contribution in [2.75, 3.05) is 5.73 Å². The Bertz CT molecular complexity index is 612. The number of benzene rings is 1. The standard InChI is InChI=1S/C11H9BrFN3O/c12-8-1-2-9(13)7(5-8)6-16-11(17)4-3-10(14)15-16/h1-5H,6H2,(H2,14,15). The zero-order valence-electron chi connectivity index (χ0n) is 8.73. The molecule has 0 aliphatic carbocycles. The van der Waals surface area contributed by atoms with E-state index in [-0.39, 0.29) is 23.7 Å². The van der Waals surface area contributed by atoms with Gasteiger partial charge in [-0.1, -0.05) is 15.9 Å². The average Bonchev–Trinajstić information content (AvgIpc) is 2.28. The molecule has 2 aromatic rings. The minimum absolute atomic E-state index is 0.0507. The number of halogens is 2. The van der Waals surface area contributed by atoms with Crippen molar-refractivity contribution in [1.82, 2.24) is 9.78 Å². The Morgan fingerprint density at radius 1 is 1.35 bits per heavy atom. The van der Waals surface area contributed by atoms with Crippen molar-refractivity contribution in [3.63, 3.8) is 0 Å². The lowest BCUT2D eigenvalue weighted by molar-refractivity contribution is 0.573. The molecule has 0 aliphatic heterocycles. The number of hydrogen-bond donors (Lipinski definition) is 1. The van der Waals surface area contributed by atoms with Crippen LogP contribution in [0.3, 0.4) is 0 Å². The highest BCUT2D eigenvalue weighted by Crippen LogP contribution is 2.15. The fraction of sp³-hybridized carbons (Fsp3) is 0.0909. The fourth-order valence-corrected chi connectivity index (χ4v) is 1.81. The zero-order valence-corrected chi connectivity index (χ0v) is 10.3. The molecule has 0 unspecified atom stereocenters. The van der Waals surface area contributed by atoms with Crippen LogP contribution in [0.5, 0.6) is 0 Å². The first-order chi connectivity index (χ1) is 8.06. The SMILES string of the molecule is Nc1ccc(=O)n(Cc2cc(Br)ccc2F)n1. The molecule has 88 valence electrons. The van der Waals surface area contributed by atoms with Crippen molar-refractivity contribution in [3.05, 3.63) is 56.5 Å². The molecule has 6 heteroatoms. The Morgan fingerprint density at radius 3 is 2.88 bits per heavy atom. The maximum atomic E-state index is 13.5. The Hall–Kier alpha value is -1.69. The molecular formula is C11H9BrFN3O. The Kier molecular flexibility index (Phi) is 3.23. The van der Waals surface area contributed by atoms with Gasteiger partial charge in [0.05, 0.1) is 6.54 Å². The van der Waals surface area contributed by atoms with Gasteiger partial charge in [-0.05, 0) is 24.3 Å². The third kappa shape index (κ3) is 2.71. The van der Waals surface area contributed by atoms with Gasteiger partial charge in [-0.2, -0.15) is 5.10 Å². The number of nitrogens with zero attached hydrogens (tertiary/aromatic N) is 2. The van der Waals surface area contributed by atoms with Crippen LogP contribution in [0, 0.1) is 5.82 Å². The van der Waals surface area contributed by atoms with Crippen LogP contribution < -0.4 is 11.3 Å². The third-order valence-electron chi connectivity index (χ3n) is 2.22. The van der Waals surface area contributed by atoms with Gasteiger partial charge in [0.25, 0.3) is 5.56 Å². The minimum atomic E-state index is -0.385. The highest BCUT2D eigenvalue weighted by Gasteiger charge is 2.06. The molecule has 0 aliphatic rings. The summed E-state index contributed by atoms with van der Waals surface area (Å²) < 4.78 is 15.4. The Labute approximate surface area is 105 Å². The van der Waals surface area contributed by atoms with E-state index in [1.54, 1.807) is 12.1 Å². The first-order valence-electron chi connectivity index (χ1n) is 4.84. The topological polar surface area (TPSA) is 60.9 Å². The molecule has 1 aromatic heterocycles. The summed E-state index contributed by atoms with van der Waals surface area (Å²) in [5.74, 6) is -0.163. The van der Waals surface area contributed by atoms with E-state index >= 15 is 0 Å². The van der Waals surface area contributed by atoms with Crippen LogP contribution in [0.1, 0.15) is 5.56 Å². The monoisotopic (exact) mass is 297 g/mol. The Morgan fingerprint density at radius 2 is 2.12 bits per heavy atom. The van der Waals surface area contributed by atoms with Gasteiger partial charge in [0, 0.05) is 16.1 Å². The average molecular weight is 298 g/mol. The molecule has 17 heavy (non-hydrogen) atoms. The van der Waals surface area contributed by atoms with Crippen LogP contribution in [-0.2, 0) is 6.54 Å². The van der Waals surface area contributed by atoms with Gasteiger partial charge in [0.1, 0.15) is 11.6 Å². The molecule has 0 fully saturated rings. The second-order valence-corrected chi connectivity index (χ2v) is 4.41. The van der Waals surface area contributed by atoms with Crippen molar-refractivity contribution in [1.29, 1.82) is 0 Å². The van der Waals surface area contributed by atoms with E-state index in [9.17, 15) is 9.18 Å². The van der Waals surface area contributed by atoms with Crippen LogP contribution in [0.15, 0.2) is 39.6 Å². The number of aromatic nitrogens is 2. The van der Waals surface area contributed by atoms with E-state index < -0.39 is 0 Å². The number of nitrogen functional groups attached to an aromatic ring is 1. The van der Waals surface area contributed by atoms with Gasteiger partial charge in [-0.25, -0.2) is 9.07 Å². The van der Waals surface area contributed by atoms with Crippen molar-refractivity contribution >= 4 is 21.7 Å². The molecule has 2 rings (SSSR count). The Balaban J connectivity index is 2.41. The molecule has 0 amide bonds. The molecular weight excluding hydrogens is 289 g/mol. The molecule has 4 nitrogen and oxygen atoms in total. The van der Waals surface area contributed by atoms with Gasteiger partial charge in [0.2, 0.25) is 0 Å². The first-order valence-corrected chi connectivity index (χ1v) is 5.63. The third-order valence-corrected chi connectivity index (χ3v) is 2.71. The van der Waals surface area contributed by atoms with Gasteiger partial charge in [-0.3, -0.25) is 4.79 Å². The van der Waals surface area contributed by atoms with E-state index in [0.29, 0.717) is 5.56 Å². The summed E-state index contributed by atoms with van der Waals surface area (Å²) in [5, 5.41) is 3.84. The molecule has 0 radical (unpaired) electrons. The van der Waals surface area contributed by atoms with Crippen LogP contribution in [0.4, 0.5) is 10.2 Å². The van der Waals surface area contributed by atoms with Gasteiger partial charge in [-0.15, -0.1) is 0 Å². The molecule has 2 N–H and O–H groups in total. The van der Waals surface area contributed by atoms with E-state index in [1.165, 1.54) is 18.2 Å². The van der Waals surface area contributed by atoms with E-state index in [1.807, 2.05) is 0 Å². The number of nitrogens with two attached hydrogens (primary N) is 1. The summed E-state index contributed by atoms with van der Waals surface area (Å²) in [6, 6.07) is 7.24. The maximum absolute atomic E-state index is 13.5. The zero-order chi connectivity index (χ0) is 12.4. The summed E-state index contributed by atoms with van der Waals surface area (Å²) in [4.78, 5) is 11.5. The largest absolute Gasteiger partial charge is 0.382 e. The highest BCUT2D eigenvalue weighted by molar-refractivity contribution is 9.10. The summed E-state index contributed by atoms with van der Waals surface area (Å²) >= 11 is 3.24. The molecule has 1 aromatic carbocycles. The molecule has 0 spiro atoms. The van der Waals surface area contributed by atoms with E-state index in [4.69, 9.17) is 5.73 Å². The van der Waals surface area contributed by atoms with Crippen LogP contribution >= 0.6 is 15.9 Å². The van der Waals surface area contributed by atoms with E-state index in [0.717, 1.165) is 9.15 Å².